The van der Waals surface area contributed by atoms with E-state index in [-0.39, 0.29) is 41.6 Å². The Morgan fingerprint density at radius 1 is 0.949 bits per heavy atom. The summed E-state index contributed by atoms with van der Waals surface area (Å²) in [5.74, 6) is -0.169. The number of morpholine rings is 1. The maximum absolute atomic E-state index is 13.6. The number of nitrogens with two attached hydrogens (primary N) is 1. The number of nitrogens with zero attached hydrogens (tertiary/aromatic N) is 4. The van der Waals surface area contributed by atoms with Gasteiger partial charge in [-0.1, -0.05) is 60.7 Å². The molecule has 0 radical (unpaired) electrons. The predicted molar refractivity (Wildman–Crippen MR) is 150 cm³/mol. The van der Waals surface area contributed by atoms with Crippen molar-refractivity contribution in [3.05, 3.63) is 95.3 Å². The number of hydrogen-bond donors (Lipinski definition) is 2. The summed E-state index contributed by atoms with van der Waals surface area (Å²) in [5, 5.41) is 7.58. The number of ether oxygens (including phenoxy) is 1. The van der Waals surface area contributed by atoms with E-state index in [1.807, 2.05) is 41.3 Å². The van der Waals surface area contributed by atoms with Gasteiger partial charge in [0.2, 0.25) is 5.91 Å². The fourth-order valence-corrected chi connectivity index (χ4v) is 5.51. The van der Waals surface area contributed by atoms with Crippen LogP contribution in [0, 0.1) is 5.41 Å². The minimum absolute atomic E-state index is 0.0643. The van der Waals surface area contributed by atoms with E-state index < -0.39 is 0 Å². The van der Waals surface area contributed by atoms with Crippen LogP contribution in [0.4, 0.5) is 5.69 Å². The average Bonchev–Trinajstić information content (AvgIpc) is 2.99. The number of aromatic nitrogens is 1. The van der Waals surface area contributed by atoms with Crippen LogP contribution >= 0.6 is 0 Å². The molecule has 0 bridgehead atoms. The fraction of sp³-hybridized carbons (Fsp3) is 0.333. The van der Waals surface area contributed by atoms with E-state index >= 15 is 0 Å². The number of carbonyl (C=O) groups is 2. The first-order valence-corrected chi connectivity index (χ1v) is 13.3. The Morgan fingerprint density at radius 3 is 2.21 bits per heavy atom. The van der Waals surface area contributed by atoms with Gasteiger partial charge in [0.15, 0.2) is 0 Å². The monoisotopic (exact) mass is 526 g/mol. The summed E-state index contributed by atoms with van der Waals surface area (Å²) in [7, 11) is 0. The van der Waals surface area contributed by atoms with Crippen molar-refractivity contribution in [2.45, 2.75) is 18.5 Å². The van der Waals surface area contributed by atoms with Crippen molar-refractivity contribution in [3.8, 4) is 0 Å². The van der Waals surface area contributed by atoms with Gasteiger partial charge in [0.25, 0.3) is 5.91 Å². The van der Waals surface area contributed by atoms with Gasteiger partial charge in [-0.25, -0.2) is 0 Å². The van der Waals surface area contributed by atoms with E-state index in [4.69, 9.17) is 15.9 Å². The summed E-state index contributed by atoms with van der Waals surface area (Å²) in [5.41, 5.74) is 9.44. The average molecular weight is 527 g/mol. The van der Waals surface area contributed by atoms with Gasteiger partial charge in [-0.2, -0.15) is 0 Å². The van der Waals surface area contributed by atoms with Crippen LogP contribution in [0.3, 0.4) is 0 Å². The Bertz CT molecular complexity index is 1260. The molecule has 1 aromatic heterocycles. The van der Waals surface area contributed by atoms with Gasteiger partial charge >= 0.3 is 0 Å². The minimum Gasteiger partial charge on any atom is -0.397 e. The van der Waals surface area contributed by atoms with E-state index in [0.29, 0.717) is 51.5 Å². The van der Waals surface area contributed by atoms with Crippen molar-refractivity contribution in [3.63, 3.8) is 0 Å². The highest BCUT2D eigenvalue weighted by Gasteiger charge is 2.37. The second kappa shape index (κ2) is 12.2. The maximum atomic E-state index is 13.6. The third-order valence-corrected chi connectivity index (χ3v) is 7.56. The Hall–Kier alpha value is -4.08. The Kier molecular flexibility index (Phi) is 8.29. The predicted octanol–water partition coefficient (Wildman–Crippen LogP) is 2.83. The maximum Gasteiger partial charge on any atom is 0.257 e. The van der Waals surface area contributed by atoms with Gasteiger partial charge < -0.3 is 25.7 Å². The first-order chi connectivity index (χ1) is 19.1. The molecule has 2 saturated heterocycles. The number of piperazine rings is 1. The molecule has 3 aromatic rings. The van der Waals surface area contributed by atoms with Crippen molar-refractivity contribution in [1.29, 1.82) is 5.41 Å². The van der Waals surface area contributed by atoms with Crippen molar-refractivity contribution in [2.24, 2.45) is 0 Å². The highest BCUT2D eigenvalue weighted by Crippen LogP contribution is 2.33. The zero-order chi connectivity index (χ0) is 27.2. The van der Waals surface area contributed by atoms with Crippen molar-refractivity contribution < 1.29 is 14.3 Å². The van der Waals surface area contributed by atoms with Crippen molar-refractivity contribution in [1.82, 2.24) is 19.7 Å². The first-order valence-electron chi connectivity index (χ1n) is 13.3. The van der Waals surface area contributed by atoms with Crippen LogP contribution in [0.15, 0.2) is 73.1 Å². The van der Waals surface area contributed by atoms with Gasteiger partial charge in [0.05, 0.1) is 30.5 Å². The number of rotatable bonds is 7. The lowest BCUT2D eigenvalue weighted by Gasteiger charge is -2.46. The van der Waals surface area contributed by atoms with E-state index in [1.165, 1.54) is 12.4 Å². The van der Waals surface area contributed by atoms with E-state index in [2.05, 4.69) is 34.1 Å². The largest absolute Gasteiger partial charge is 0.397 e. The summed E-state index contributed by atoms with van der Waals surface area (Å²) in [6, 6.07) is 20.3. The topological polar surface area (TPSA) is 116 Å². The molecule has 0 saturated carbocycles. The molecule has 2 aliphatic rings. The molecule has 3 N–H and O–H groups in total. The van der Waals surface area contributed by atoms with Crippen LogP contribution in [0.25, 0.3) is 0 Å². The summed E-state index contributed by atoms with van der Waals surface area (Å²) in [6.45, 7) is 3.67. The normalized spacial score (nSPS) is 18.2. The number of nitrogen functional groups attached to an aromatic ring is 1. The minimum atomic E-state index is -0.233. The molecule has 2 aliphatic heterocycles. The lowest BCUT2D eigenvalue weighted by Crippen LogP contribution is -2.57. The lowest BCUT2D eigenvalue weighted by atomic mass is 9.93. The van der Waals surface area contributed by atoms with Gasteiger partial charge in [0, 0.05) is 69.4 Å². The van der Waals surface area contributed by atoms with Crippen LogP contribution in [0.5, 0.6) is 0 Å². The highest BCUT2D eigenvalue weighted by molar-refractivity contribution is 6.02. The fourth-order valence-electron chi connectivity index (χ4n) is 5.51. The van der Waals surface area contributed by atoms with Crippen LogP contribution in [0.1, 0.15) is 39.5 Å². The van der Waals surface area contributed by atoms with Gasteiger partial charge in [-0.15, -0.1) is 0 Å². The molecule has 9 heteroatoms. The molecule has 3 heterocycles. The number of pyridine rings is 1. The van der Waals surface area contributed by atoms with Gasteiger partial charge in [-0.05, 0) is 11.1 Å². The molecule has 2 amide bonds. The Labute approximate surface area is 228 Å². The zero-order valence-electron chi connectivity index (χ0n) is 21.9. The Balaban J connectivity index is 1.47. The van der Waals surface area contributed by atoms with E-state index in [9.17, 15) is 9.59 Å². The summed E-state index contributed by atoms with van der Waals surface area (Å²) in [6.07, 6.45) is 4.33. The smallest absolute Gasteiger partial charge is 0.257 e. The number of hydrogen-bond acceptors (Lipinski definition) is 7. The molecule has 0 spiro atoms. The van der Waals surface area contributed by atoms with Crippen LogP contribution < -0.4 is 5.73 Å². The molecule has 0 aliphatic carbocycles. The highest BCUT2D eigenvalue weighted by atomic mass is 16.5. The Morgan fingerprint density at radius 2 is 1.59 bits per heavy atom. The molecule has 5 rings (SSSR count). The lowest BCUT2D eigenvalue weighted by molar-refractivity contribution is -0.137. The van der Waals surface area contributed by atoms with Crippen molar-refractivity contribution >= 4 is 23.7 Å². The molecule has 2 aromatic carbocycles. The summed E-state index contributed by atoms with van der Waals surface area (Å²) in [4.78, 5) is 37.2. The van der Waals surface area contributed by atoms with E-state index in [0.717, 1.165) is 17.3 Å². The van der Waals surface area contributed by atoms with Crippen molar-refractivity contribution in [2.75, 3.05) is 51.7 Å². The molecular formula is C30H34N6O3. The molecule has 202 valence electrons. The van der Waals surface area contributed by atoms with Crippen LogP contribution in [0.2, 0.25) is 0 Å². The number of anilines is 1. The van der Waals surface area contributed by atoms with Gasteiger partial charge in [-0.3, -0.25) is 19.5 Å². The third kappa shape index (κ3) is 5.84. The second-order valence-electron chi connectivity index (χ2n) is 9.90. The summed E-state index contributed by atoms with van der Waals surface area (Å²) >= 11 is 0. The molecule has 9 nitrogen and oxygen atoms in total. The first kappa shape index (κ1) is 26.5. The van der Waals surface area contributed by atoms with Crippen LogP contribution in [-0.2, 0) is 9.53 Å². The number of nitrogens with one attached hydrogen (secondary N) is 1. The third-order valence-electron chi connectivity index (χ3n) is 7.56. The molecule has 2 fully saturated rings. The SMILES string of the molecule is N=Cc1cncc(C(=O)N2CCN(C(c3ccccc3)c3ccccc3)[C@H](CC(=O)N3CCOCC3)C2)c1N. The zero-order valence-corrected chi connectivity index (χ0v) is 21.9. The molecular weight excluding hydrogens is 492 g/mol. The van der Waals surface area contributed by atoms with E-state index in [1.54, 1.807) is 4.90 Å². The second-order valence-corrected chi connectivity index (χ2v) is 9.90. The number of carbonyl (C=O) groups excluding carboxylic acids is 2. The standard InChI is InChI=1S/C30H34N6O3/c31-18-24-19-33-20-26(28(24)32)30(38)35-11-12-36(25(21-35)17-27(37)34-13-15-39-16-14-34)29(22-7-3-1-4-8-22)23-9-5-2-6-10-23/h1-10,18-20,25,29,31H,11-17,21H2,(H2,32,33)/t25-/m1/s1. The quantitative estimate of drug-likeness (QED) is 0.458. The summed E-state index contributed by atoms with van der Waals surface area (Å²) < 4.78 is 5.45. The number of benzene rings is 2. The molecule has 0 unspecified atom stereocenters. The molecule has 1 atom stereocenters. The number of amides is 2. The van der Waals surface area contributed by atoms with Gasteiger partial charge in [0.1, 0.15) is 0 Å². The molecule has 39 heavy (non-hydrogen) atoms. The van der Waals surface area contributed by atoms with Crippen LogP contribution in [-0.4, -0.2) is 89.7 Å².